The van der Waals surface area contributed by atoms with Crippen LogP contribution in [0.1, 0.15) is 433 Å². The second-order valence-corrected chi connectivity index (χ2v) is 33.4. The van der Waals surface area contributed by atoms with Gasteiger partial charge in [0.15, 0.2) is 12.2 Å². The molecule has 0 saturated heterocycles. The fraction of sp³-hybridized carbons (Fsp3) is 0.951. The molecule has 0 aliphatic rings. The molecule has 0 amide bonds. The Morgan fingerprint density at radius 1 is 0.267 bits per heavy atom. The average molecular weight is 1480 g/mol. The lowest BCUT2D eigenvalue weighted by atomic mass is 10.0. The van der Waals surface area contributed by atoms with Crippen molar-refractivity contribution in [2.24, 2.45) is 11.8 Å². The molecule has 0 radical (unpaired) electrons. The summed E-state index contributed by atoms with van der Waals surface area (Å²) in [7, 11) is -9.92. The quantitative estimate of drug-likeness (QED) is 0.0222. The van der Waals surface area contributed by atoms with Crippen LogP contribution in [0.5, 0.6) is 0 Å². The van der Waals surface area contributed by atoms with Gasteiger partial charge in [0.05, 0.1) is 26.4 Å². The van der Waals surface area contributed by atoms with Crippen LogP contribution < -0.4 is 0 Å². The molecule has 0 bridgehead atoms. The summed E-state index contributed by atoms with van der Waals surface area (Å²) in [5, 5.41) is 10.6. The Morgan fingerprint density at radius 3 is 0.673 bits per heavy atom. The number of phosphoric ester groups is 2. The third-order valence-electron chi connectivity index (χ3n) is 19.2. The number of unbranched alkanes of at least 4 members (excludes halogenated alkanes) is 51. The van der Waals surface area contributed by atoms with Crippen molar-refractivity contribution in [3.05, 3.63) is 0 Å². The lowest BCUT2D eigenvalue weighted by Crippen LogP contribution is -2.30. The highest BCUT2D eigenvalue weighted by Gasteiger charge is 2.30. The van der Waals surface area contributed by atoms with Gasteiger partial charge in [-0.15, -0.1) is 0 Å². The second-order valence-electron chi connectivity index (χ2n) is 30.5. The van der Waals surface area contributed by atoms with Gasteiger partial charge >= 0.3 is 39.5 Å². The smallest absolute Gasteiger partial charge is 0.462 e. The maximum Gasteiger partial charge on any atom is 0.472 e. The van der Waals surface area contributed by atoms with E-state index in [1.165, 1.54) is 244 Å². The molecule has 5 atom stereocenters. The van der Waals surface area contributed by atoms with Crippen molar-refractivity contribution in [1.82, 2.24) is 0 Å². The predicted molar refractivity (Wildman–Crippen MR) is 414 cm³/mol. The zero-order valence-corrected chi connectivity index (χ0v) is 68.0. The van der Waals surface area contributed by atoms with E-state index >= 15 is 0 Å². The van der Waals surface area contributed by atoms with Crippen LogP contribution in [-0.2, 0) is 65.4 Å². The minimum atomic E-state index is -4.96. The van der Waals surface area contributed by atoms with Crippen molar-refractivity contribution in [2.45, 2.75) is 452 Å². The zero-order valence-electron chi connectivity index (χ0n) is 66.2. The summed E-state index contributed by atoms with van der Waals surface area (Å²) in [6.07, 6.45) is 64.0. The maximum atomic E-state index is 13.1. The molecule has 0 aromatic carbocycles. The van der Waals surface area contributed by atoms with Gasteiger partial charge in [0, 0.05) is 25.7 Å². The number of esters is 4. The Balaban J connectivity index is 5.21. The molecule has 0 saturated carbocycles. The van der Waals surface area contributed by atoms with Gasteiger partial charge in [0.1, 0.15) is 19.3 Å². The molecule has 0 rings (SSSR count). The van der Waals surface area contributed by atoms with E-state index in [0.29, 0.717) is 31.6 Å². The molecular formula is C82H160O17P2. The molecule has 0 aliphatic carbocycles. The summed E-state index contributed by atoms with van der Waals surface area (Å²) in [6, 6.07) is 0. The minimum Gasteiger partial charge on any atom is -0.462 e. The number of hydrogen-bond acceptors (Lipinski definition) is 15. The van der Waals surface area contributed by atoms with E-state index in [1.807, 2.05) is 0 Å². The molecule has 0 aromatic rings. The topological polar surface area (TPSA) is 237 Å². The summed E-state index contributed by atoms with van der Waals surface area (Å²) < 4.78 is 68.7. The maximum absolute atomic E-state index is 13.1. The normalized spacial score (nSPS) is 13.9. The molecule has 17 nitrogen and oxygen atoms in total. The van der Waals surface area contributed by atoms with Gasteiger partial charge in [0.25, 0.3) is 0 Å². The van der Waals surface area contributed by atoms with E-state index in [4.69, 9.17) is 37.0 Å². The van der Waals surface area contributed by atoms with Gasteiger partial charge < -0.3 is 33.8 Å². The van der Waals surface area contributed by atoms with Gasteiger partial charge in [-0.25, -0.2) is 9.13 Å². The van der Waals surface area contributed by atoms with Gasteiger partial charge in [0.2, 0.25) is 0 Å². The van der Waals surface area contributed by atoms with Crippen LogP contribution in [0.25, 0.3) is 0 Å². The van der Waals surface area contributed by atoms with Gasteiger partial charge in [-0.2, -0.15) is 0 Å². The lowest BCUT2D eigenvalue weighted by molar-refractivity contribution is -0.161. The lowest BCUT2D eigenvalue weighted by Gasteiger charge is -2.21. The Kier molecular flexibility index (Phi) is 72.2. The van der Waals surface area contributed by atoms with Crippen LogP contribution in [0.15, 0.2) is 0 Å². The molecule has 0 fully saturated rings. The van der Waals surface area contributed by atoms with Crippen molar-refractivity contribution >= 4 is 39.5 Å². The van der Waals surface area contributed by atoms with Crippen molar-refractivity contribution in [3.63, 3.8) is 0 Å². The average Bonchev–Trinajstić information content (AvgIpc) is 0.955. The number of ether oxygens (including phenoxy) is 4. The Hall–Kier alpha value is -1.94. The number of carbonyl (C=O) groups excluding carboxylic acids is 4. The minimum absolute atomic E-state index is 0.106. The van der Waals surface area contributed by atoms with E-state index in [9.17, 15) is 43.2 Å². The Labute approximate surface area is 619 Å². The van der Waals surface area contributed by atoms with Crippen molar-refractivity contribution in [2.75, 3.05) is 39.6 Å². The second kappa shape index (κ2) is 73.6. The van der Waals surface area contributed by atoms with E-state index in [2.05, 4.69) is 41.5 Å². The number of phosphoric acid groups is 2. The third kappa shape index (κ3) is 76.1. The first kappa shape index (κ1) is 99.1. The van der Waals surface area contributed by atoms with Crippen LogP contribution in [0.3, 0.4) is 0 Å². The van der Waals surface area contributed by atoms with Crippen molar-refractivity contribution < 1.29 is 80.2 Å². The first-order chi connectivity index (χ1) is 48.9. The van der Waals surface area contributed by atoms with Crippen LogP contribution in [0.4, 0.5) is 0 Å². The number of rotatable bonds is 81. The Bertz CT molecular complexity index is 1940. The summed E-state index contributed by atoms with van der Waals surface area (Å²) in [6.45, 7) is 9.58. The zero-order chi connectivity index (χ0) is 74.2. The molecular weight excluding hydrogens is 1320 g/mol. The molecule has 0 spiro atoms. The fourth-order valence-corrected chi connectivity index (χ4v) is 14.3. The number of aliphatic hydroxyl groups is 1. The fourth-order valence-electron chi connectivity index (χ4n) is 12.7. The molecule has 0 aliphatic heterocycles. The highest BCUT2D eigenvalue weighted by molar-refractivity contribution is 7.47. The highest BCUT2D eigenvalue weighted by Crippen LogP contribution is 2.45. The van der Waals surface area contributed by atoms with E-state index < -0.39 is 97.5 Å². The Morgan fingerprint density at radius 2 is 0.455 bits per heavy atom. The highest BCUT2D eigenvalue weighted by atomic mass is 31.2. The van der Waals surface area contributed by atoms with E-state index in [-0.39, 0.29) is 25.7 Å². The summed E-state index contributed by atoms with van der Waals surface area (Å²) in [5.74, 6) is -0.639. The van der Waals surface area contributed by atoms with Gasteiger partial charge in [-0.1, -0.05) is 382 Å². The van der Waals surface area contributed by atoms with Crippen LogP contribution in [0, 0.1) is 11.8 Å². The summed E-state index contributed by atoms with van der Waals surface area (Å²) >= 11 is 0. The summed E-state index contributed by atoms with van der Waals surface area (Å²) in [5.41, 5.74) is 0. The molecule has 2 unspecified atom stereocenters. The standard InChI is InChI=1S/C82H160O17P2/c1-7-9-11-13-15-17-19-21-23-24-25-26-27-28-29-31-33-37-41-47-54-60-66-81(86)98-77(70-92-79(84)64-58-52-46-40-36-32-30-22-20-18-16-14-12-10-8-2)72-96-100(88,89)94-68-76(83)69-95-101(90,91)97-73-78(71-93-80(85)65-59-53-49-43-45-51-57-63-75(5)6)99-82(87)67-61-55-48-42-38-34-35-39-44-50-56-62-74(3)4/h74-78,83H,7-73H2,1-6H3,(H,88,89)(H,90,91)/t76-,77-,78-/m1/s1. The largest absolute Gasteiger partial charge is 0.472 e. The van der Waals surface area contributed by atoms with Crippen LogP contribution in [-0.4, -0.2) is 96.7 Å². The van der Waals surface area contributed by atoms with Crippen molar-refractivity contribution in [3.8, 4) is 0 Å². The van der Waals surface area contributed by atoms with Crippen molar-refractivity contribution in [1.29, 1.82) is 0 Å². The monoisotopic (exact) mass is 1480 g/mol. The molecule has 0 heterocycles. The van der Waals surface area contributed by atoms with E-state index in [1.54, 1.807) is 0 Å². The summed E-state index contributed by atoms with van der Waals surface area (Å²) in [4.78, 5) is 73.0. The van der Waals surface area contributed by atoms with E-state index in [0.717, 1.165) is 102 Å². The first-order valence-electron chi connectivity index (χ1n) is 42.5. The van der Waals surface area contributed by atoms with Gasteiger partial charge in [-0.3, -0.25) is 37.3 Å². The van der Waals surface area contributed by atoms with Gasteiger partial charge in [-0.05, 0) is 37.5 Å². The third-order valence-corrected chi connectivity index (χ3v) is 21.1. The first-order valence-corrected chi connectivity index (χ1v) is 45.5. The molecule has 0 aromatic heterocycles. The predicted octanol–water partition coefficient (Wildman–Crippen LogP) is 24.7. The molecule has 101 heavy (non-hydrogen) atoms. The molecule has 19 heteroatoms. The number of hydrogen-bond donors (Lipinski definition) is 3. The molecule has 600 valence electrons. The molecule has 3 N–H and O–H groups in total. The van der Waals surface area contributed by atoms with Crippen LogP contribution in [0.2, 0.25) is 0 Å². The van der Waals surface area contributed by atoms with Crippen LogP contribution >= 0.6 is 15.6 Å². The number of aliphatic hydroxyl groups excluding tert-OH is 1. The SMILES string of the molecule is CCCCCCCCCCCCCCCCCCCCCCCCC(=O)O[C@H](COC(=O)CCCCCCCCCCCCCCCCC)COP(=O)(O)OC[C@@H](O)COP(=O)(O)OC[C@@H](COC(=O)CCCCCCCCCC(C)C)OC(=O)CCCCCCCCCCCCCC(C)C. The number of carbonyl (C=O) groups is 4.